The topological polar surface area (TPSA) is 36.1 Å². The fourth-order valence-electron chi connectivity index (χ4n) is 0.339. The lowest BCUT2D eigenvalue weighted by Crippen LogP contribution is -1.67. The van der Waals surface area contributed by atoms with Gasteiger partial charge in [0.1, 0.15) is 11.8 Å². The van der Waals surface area contributed by atoms with Gasteiger partial charge < -0.3 is 0 Å². The van der Waals surface area contributed by atoms with Gasteiger partial charge in [0, 0.05) is 0 Å². The molecule has 0 aliphatic carbocycles. The molecule has 0 heterocycles. The third kappa shape index (κ3) is 2.14. The fourth-order valence-corrected chi connectivity index (χ4v) is 0.339. The monoisotopic (exact) mass is 108 g/mol. The lowest BCUT2D eigenvalue weighted by molar-refractivity contribution is 1.19. The molecule has 0 aromatic carbocycles. The summed E-state index contributed by atoms with van der Waals surface area (Å²) in [4.78, 5) is 3.45. The maximum absolute atomic E-state index is 8.21. The first-order valence-corrected chi connectivity index (χ1v) is 2.42. The number of nitriles is 1. The molecule has 0 N–H and O–H groups in total. The van der Waals surface area contributed by atoms with Crippen LogP contribution in [0.5, 0.6) is 0 Å². The van der Waals surface area contributed by atoms with Crippen molar-refractivity contribution < 1.29 is 0 Å². The quantitative estimate of drug-likeness (QED) is 0.390. The van der Waals surface area contributed by atoms with E-state index >= 15 is 0 Å². The standard InChI is InChI=1S/C6H8N2/c1-3-4-6(5-7)8-2/h4H,2-3H2,1H3/b6-4+. The molecule has 0 bridgehead atoms. The second-order valence-corrected chi connectivity index (χ2v) is 1.27. The van der Waals surface area contributed by atoms with Gasteiger partial charge in [0.15, 0.2) is 0 Å². The molecule has 0 amide bonds. The maximum atomic E-state index is 8.21. The van der Waals surface area contributed by atoms with E-state index in [9.17, 15) is 0 Å². The molecule has 2 nitrogen and oxygen atoms in total. The van der Waals surface area contributed by atoms with E-state index in [-0.39, 0.29) is 0 Å². The van der Waals surface area contributed by atoms with Gasteiger partial charge >= 0.3 is 0 Å². The molecule has 0 saturated carbocycles. The molecule has 0 fully saturated rings. The zero-order valence-electron chi connectivity index (χ0n) is 4.89. The van der Waals surface area contributed by atoms with Crippen LogP contribution in [0.15, 0.2) is 16.8 Å². The average molecular weight is 108 g/mol. The molecule has 42 valence electrons. The van der Waals surface area contributed by atoms with Gasteiger partial charge in [-0.05, 0) is 19.2 Å². The van der Waals surface area contributed by atoms with Gasteiger partial charge in [0.25, 0.3) is 0 Å². The van der Waals surface area contributed by atoms with Crippen LogP contribution in [0.4, 0.5) is 0 Å². The van der Waals surface area contributed by atoms with Gasteiger partial charge in [-0.25, -0.2) is 0 Å². The number of hydrogen-bond donors (Lipinski definition) is 0. The molecular weight excluding hydrogens is 100 g/mol. The maximum Gasteiger partial charge on any atom is 0.135 e. The van der Waals surface area contributed by atoms with E-state index < -0.39 is 0 Å². The Morgan fingerprint density at radius 3 is 2.75 bits per heavy atom. The lowest BCUT2D eigenvalue weighted by Gasteiger charge is -1.79. The molecule has 0 spiro atoms. The largest absolute Gasteiger partial charge is 0.254 e. The molecule has 8 heavy (non-hydrogen) atoms. The Morgan fingerprint density at radius 2 is 2.62 bits per heavy atom. The van der Waals surface area contributed by atoms with Crippen LogP contribution in [-0.2, 0) is 0 Å². The molecule has 0 unspecified atom stereocenters. The summed E-state index contributed by atoms with van der Waals surface area (Å²) in [6, 6.07) is 1.88. The van der Waals surface area contributed by atoms with Crippen LogP contribution in [0, 0.1) is 11.3 Å². The number of allylic oxidation sites excluding steroid dienone is 2. The van der Waals surface area contributed by atoms with Crippen molar-refractivity contribution in [3.05, 3.63) is 11.8 Å². The van der Waals surface area contributed by atoms with E-state index in [0.717, 1.165) is 6.42 Å². The van der Waals surface area contributed by atoms with Gasteiger partial charge in [0.05, 0.1) is 0 Å². The van der Waals surface area contributed by atoms with Crippen molar-refractivity contribution in [2.75, 3.05) is 0 Å². The minimum Gasteiger partial charge on any atom is -0.254 e. The fraction of sp³-hybridized carbons (Fsp3) is 0.333. The zero-order valence-corrected chi connectivity index (χ0v) is 4.89. The molecular formula is C6H8N2. The molecule has 0 rings (SSSR count). The van der Waals surface area contributed by atoms with Crippen molar-refractivity contribution in [1.29, 1.82) is 5.26 Å². The smallest absolute Gasteiger partial charge is 0.135 e. The molecule has 2 heteroatoms. The van der Waals surface area contributed by atoms with E-state index in [4.69, 9.17) is 5.26 Å². The Labute approximate surface area is 49.2 Å². The summed E-state index contributed by atoms with van der Waals surface area (Å²) in [6.45, 7) is 5.16. The molecule has 0 saturated heterocycles. The lowest BCUT2D eigenvalue weighted by atomic mass is 10.4. The van der Waals surface area contributed by atoms with E-state index in [1.54, 1.807) is 6.08 Å². The third-order valence-corrected chi connectivity index (χ3v) is 0.682. The third-order valence-electron chi connectivity index (χ3n) is 0.682. The molecule has 0 aliphatic heterocycles. The predicted octanol–water partition coefficient (Wildman–Crippen LogP) is 1.50. The molecule has 0 aliphatic rings. The van der Waals surface area contributed by atoms with E-state index in [2.05, 4.69) is 11.7 Å². The van der Waals surface area contributed by atoms with Crippen LogP contribution in [0.3, 0.4) is 0 Å². The minimum absolute atomic E-state index is 0.410. The van der Waals surface area contributed by atoms with Crippen molar-refractivity contribution in [3.8, 4) is 6.07 Å². The highest BCUT2D eigenvalue weighted by atomic mass is 14.7. The van der Waals surface area contributed by atoms with E-state index in [1.165, 1.54) is 0 Å². The Bertz CT molecular complexity index is 139. The second kappa shape index (κ2) is 4.07. The number of nitrogens with zero attached hydrogens (tertiary/aromatic N) is 2. The van der Waals surface area contributed by atoms with Crippen LogP contribution in [-0.4, -0.2) is 6.72 Å². The Hall–Kier alpha value is -1.10. The summed E-state index contributed by atoms with van der Waals surface area (Å²) in [6.07, 6.45) is 2.56. The summed E-state index contributed by atoms with van der Waals surface area (Å²) < 4.78 is 0. The van der Waals surface area contributed by atoms with Gasteiger partial charge in [-0.1, -0.05) is 6.92 Å². The first kappa shape index (κ1) is 6.90. The summed E-state index contributed by atoms with van der Waals surface area (Å²) in [5, 5.41) is 8.21. The van der Waals surface area contributed by atoms with Gasteiger partial charge in [0.2, 0.25) is 0 Å². The number of rotatable bonds is 2. The minimum atomic E-state index is 0.410. The number of hydrogen-bond acceptors (Lipinski definition) is 2. The second-order valence-electron chi connectivity index (χ2n) is 1.27. The van der Waals surface area contributed by atoms with E-state index in [0.29, 0.717) is 5.70 Å². The van der Waals surface area contributed by atoms with Crippen LogP contribution < -0.4 is 0 Å². The van der Waals surface area contributed by atoms with Crippen LogP contribution in [0.2, 0.25) is 0 Å². The van der Waals surface area contributed by atoms with Crippen molar-refractivity contribution >= 4 is 6.72 Å². The van der Waals surface area contributed by atoms with Crippen LogP contribution in [0.25, 0.3) is 0 Å². The highest BCUT2D eigenvalue weighted by Gasteiger charge is 1.81. The highest BCUT2D eigenvalue weighted by molar-refractivity contribution is 5.34. The SMILES string of the molecule is C=N/C(C#N)=C/CC. The van der Waals surface area contributed by atoms with Crippen molar-refractivity contribution in [3.63, 3.8) is 0 Å². The Kier molecular flexibility index (Phi) is 3.51. The summed E-state index contributed by atoms with van der Waals surface area (Å²) >= 11 is 0. The zero-order chi connectivity index (χ0) is 6.41. The molecule has 0 aromatic heterocycles. The predicted molar refractivity (Wildman–Crippen MR) is 33.5 cm³/mol. The first-order valence-electron chi connectivity index (χ1n) is 2.42. The van der Waals surface area contributed by atoms with E-state index in [1.807, 2.05) is 13.0 Å². The van der Waals surface area contributed by atoms with Gasteiger partial charge in [-0.3, -0.25) is 4.99 Å². The van der Waals surface area contributed by atoms with Crippen molar-refractivity contribution in [2.24, 2.45) is 4.99 Å². The van der Waals surface area contributed by atoms with Crippen LogP contribution in [0.1, 0.15) is 13.3 Å². The first-order chi connectivity index (χ1) is 3.85. The van der Waals surface area contributed by atoms with Gasteiger partial charge in [-0.2, -0.15) is 5.26 Å². The summed E-state index contributed by atoms with van der Waals surface area (Å²) in [5.41, 5.74) is 0.410. The molecule has 0 aromatic rings. The number of aliphatic imine (C=N–C) groups is 1. The molecule has 0 radical (unpaired) electrons. The average Bonchev–Trinajstić information content (AvgIpc) is 1.83. The van der Waals surface area contributed by atoms with Crippen molar-refractivity contribution in [1.82, 2.24) is 0 Å². The summed E-state index contributed by atoms with van der Waals surface area (Å²) in [7, 11) is 0. The Balaban J connectivity index is 3.92. The van der Waals surface area contributed by atoms with Gasteiger partial charge in [-0.15, -0.1) is 0 Å². The summed E-state index contributed by atoms with van der Waals surface area (Å²) in [5.74, 6) is 0. The van der Waals surface area contributed by atoms with Crippen LogP contribution >= 0.6 is 0 Å². The molecule has 0 atom stereocenters. The Morgan fingerprint density at radius 1 is 2.00 bits per heavy atom. The highest BCUT2D eigenvalue weighted by Crippen LogP contribution is 1.92. The van der Waals surface area contributed by atoms with Crippen molar-refractivity contribution in [2.45, 2.75) is 13.3 Å². The normalized spacial score (nSPS) is 10.2.